The van der Waals surface area contributed by atoms with Crippen molar-refractivity contribution in [3.8, 4) is 28.1 Å². The van der Waals surface area contributed by atoms with E-state index in [2.05, 4.69) is 152 Å². The molecule has 2 aromatic heterocycles. The van der Waals surface area contributed by atoms with E-state index in [-0.39, 0.29) is 0 Å². The second kappa shape index (κ2) is 9.41. The largest absolute Gasteiger partial charge is 0.309 e. The molecule has 5 aromatic carbocycles. The Morgan fingerprint density at radius 1 is 0.513 bits per heavy atom. The Morgan fingerprint density at radius 3 is 1.77 bits per heavy atom. The van der Waals surface area contributed by atoms with Crippen LogP contribution in [0.25, 0.3) is 72.8 Å². The van der Waals surface area contributed by atoms with Crippen molar-refractivity contribution >= 4 is 44.7 Å². The molecule has 0 spiro atoms. The number of nitrogens with zero attached hydrogens (tertiary/aromatic N) is 2. The summed E-state index contributed by atoms with van der Waals surface area (Å²) in [5.74, 6) is 0. The van der Waals surface area contributed by atoms with Gasteiger partial charge in [-0.3, -0.25) is 0 Å². The zero-order valence-electron chi connectivity index (χ0n) is 22.1. The van der Waals surface area contributed by atoms with Crippen molar-refractivity contribution in [1.29, 1.82) is 0 Å². The minimum Gasteiger partial charge on any atom is -0.309 e. The maximum absolute atomic E-state index is 5.18. The van der Waals surface area contributed by atoms with Gasteiger partial charge in [0.15, 0.2) is 0 Å². The summed E-state index contributed by atoms with van der Waals surface area (Å²) < 4.78 is 2.37. The van der Waals surface area contributed by atoms with Gasteiger partial charge in [-0.15, -0.1) is 0 Å². The quantitative estimate of drug-likeness (QED) is 0.239. The first-order valence-electron chi connectivity index (χ1n) is 13.5. The minimum absolute atomic E-state index is 1.02. The van der Waals surface area contributed by atoms with Crippen molar-refractivity contribution in [2.45, 2.75) is 13.8 Å². The lowest BCUT2D eigenvalue weighted by Gasteiger charge is -2.10. The standard InChI is InChI=1S/C37H28N2/c1-3-29-30-17-11-12-18-31(30)37(38-34(29)4-2)27-20-22-36-33(24-27)32-23-26(25-13-7-5-8-14-25)19-21-35(32)39(36)28-15-9-6-10-16-28/h3-24H,1-2H3/b29-3-,34-4+. The molecule has 0 atom stereocenters. The smallest absolute Gasteiger partial charge is 0.0788 e. The Kier molecular flexibility index (Phi) is 5.60. The van der Waals surface area contributed by atoms with Gasteiger partial charge >= 0.3 is 0 Å². The molecule has 0 bridgehead atoms. The van der Waals surface area contributed by atoms with Crippen LogP contribution in [0.5, 0.6) is 0 Å². The van der Waals surface area contributed by atoms with Crippen LogP contribution < -0.4 is 10.6 Å². The number of rotatable bonds is 3. The van der Waals surface area contributed by atoms with Crippen LogP contribution in [-0.4, -0.2) is 9.55 Å². The highest BCUT2D eigenvalue weighted by Crippen LogP contribution is 2.37. The van der Waals surface area contributed by atoms with Gasteiger partial charge in [-0.05, 0) is 66.8 Å². The molecule has 2 heteroatoms. The van der Waals surface area contributed by atoms with Crippen molar-refractivity contribution in [2.75, 3.05) is 0 Å². The van der Waals surface area contributed by atoms with Gasteiger partial charge in [0.2, 0.25) is 0 Å². The fourth-order valence-corrected chi connectivity index (χ4v) is 5.88. The molecule has 0 unspecified atom stereocenters. The van der Waals surface area contributed by atoms with Gasteiger partial charge in [0.05, 0.1) is 22.1 Å². The maximum atomic E-state index is 5.18. The van der Waals surface area contributed by atoms with Crippen LogP contribution in [-0.2, 0) is 0 Å². The molecule has 0 saturated heterocycles. The van der Waals surface area contributed by atoms with Crippen LogP contribution in [0.15, 0.2) is 121 Å². The minimum atomic E-state index is 1.02. The fourth-order valence-electron chi connectivity index (χ4n) is 5.88. The summed E-state index contributed by atoms with van der Waals surface area (Å²) in [5.41, 5.74) is 8.13. The molecule has 2 nitrogen and oxygen atoms in total. The molecule has 7 rings (SSSR count). The monoisotopic (exact) mass is 500 g/mol. The van der Waals surface area contributed by atoms with E-state index in [1.165, 1.54) is 48.9 Å². The van der Waals surface area contributed by atoms with Gasteiger partial charge in [0, 0.05) is 32.6 Å². The van der Waals surface area contributed by atoms with Crippen molar-refractivity contribution in [3.63, 3.8) is 0 Å². The number of pyridine rings is 1. The summed E-state index contributed by atoms with van der Waals surface area (Å²) in [6.45, 7) is 4.15. The van der Waals surface area contributed by atoms with Crippen LogP contribution >= 0.6 is 0 Å². The Morgan fingerprint density at radius 2 is 1.10 bits per heavy atom. The van der Waals surface area contributed by atoms with E-state index in [9.17, 15) is 0 Å². The number of benzene rings is 5. The molecule has 2 heterocycles. The van der Waals surface area contributed by atoms with Crippen LogP contribution in [0.1, 0.15) is 13.8 Å². The van der Waals surface area contributed by atoms with Crippen LogP contribution in [0, 0.1) is 0 Å². The molecule has 186 valence electrons. The van der Waals surface area contributed by atoms with Gasteiger partial charge in [-0.2, -0.15) is 0 Å². The predicted molar refractivity (Wildman–Crippen MR) is 166 cm³/mol. The number of aromatic nitrogens is 2. The van der Waals surface area contributed by atoms with Gasteiger partial charge in [-0.25, -0.2) is 4.98 Å². The maximum Gasteiger partial charge on any atom is 0.0788 e. The molecule has 0 aliphatic carbocycles. The number of fused-ring (bicyclic) bond motifs is 4. The lowest BCUT2D eigenvalue weighted by Crippen LogP contribution is -2.29. The summed E-state index contributed by atoms with van der Waals surface area (Å²) in [6.07, 6.45) is 4.27. The predicted octanol–water partition coefficient (Wildman–Crippen LogP) is 8.27. The molecule has 0 N–H and O–H groups in total. The van der Waals surface area contributed by atoms with Crippen LogP contribution in [0.2, 0.25) is 0 Å². The Balaban J connectivity index is 1.57. The van der Waals surface area contributed by atoms with E-state index in [0.717, 1.165) is 22.3 Å². The van der Waals surface area contributed by atoms with Gasteiger partial charge in [0.25, 0.3) is 0 Å². The van der Waals surface area contributed by atoms with E-state index in [0.29, 0.717) is 0 Å². The van der Waals surface area contributed by atoms with Crippen molar-refractivity contribution in [1.82, 2.24) is 9.55 Å². The zero-order chi connectivity index (χ0) is 26.3. The molecule has 0 aliphatic rings. The van der Waals surface area contributed by atoms with Crippen molar-refractivity contribution in [3.05, 3.63) is 132 Å². The van der Waals surface area contributed by atoms with E-state index in [1.807, 2.05) is 0 Å². The topological polar surface area (TPSA) is 17.8 Å². The van der Waals surface area contributed by atoms with Gasteiger partial charge in [-0.1, -0.05) is 97.1 Å². The number of para-hydroxylation sites is 1. The summed E-state index contributed by atoms with van der Waals surface area (Å²) in [7, 11) is 0. The lowest BCUT2D eigenvalue weighted by atomic mass is 9.99. The molecule has 0 amide bonds. The molecule has 0 radical (unpaired) electrons. The molecule has 39 heavy (non-hydrogen) atoms. The third-order valence-electron chi connectivity index (χ3n) is 7.70. The number of hydrogen-bond acceptors (Lipinski definition) is 1. The van der Waals surface area contributed by atoms with E-state index < -0.39 is 0 Å². The molecular weight excluding hydrogens is 472 g/mol. The van der Waals surface area contributed by atoms with Crippen molar-refractivity contribution in [2.24, 2.45) is 0 Å². The average Bonchev–Trinajstić information content (AvgIpc) is 3.34. The second-order valence-corrected chi connectivity index (χ2v) is 9.88. The Hall–Kier alpha value is -4.95. The molecule has 0 aliphatic heterocycles. The van der Waals surface area contributed by atoms with Gasteiger partial charge < -0.3 is 4.57 Å². The molecular formula is C37H28N2. The highest BCUT2D eigenvalue weighted by atomic mass is 15.0. The Bertz CT molecular complexity index is 2120. The normalized spacial score (nSPS) is 12.7. The van der Waals surface area contributed by atoms with Crippen molar-refractivity contribution < 1.29 is 0 Å². The molecule has 0 saturated carbocycles. The first-order valence-corrected chi connectivity index (χ1v) is 13.5. The third kappa shape index (κ3) is 3.76. The average molecular weight is 501 g/mol. The SMILES string of the molecule is C/C=c1\c(=C/C)nc(-c2ccc3c(c2)c2cc(-c4ccccc4)ccc2n3-c2ccccc2)c2ccccc12. The third-order valence-corrected chi connectivity index (χ3v) is 7.70. The molecule has 7 aromatic rings. The zero-order valence-corrected chi connectivity index (χ0v) is 22.1. The van der Waals surface area contributed by atoms with Gasteiger partial charge in [0.1, 0.15) is 0 Å². The van der Waals surface area contributed by atoms with E-state index >= 15 is 0 Å². The first-order chi connectivity index (χ1) is 19.3. The van der Waals surface area contributed by atoms with E-state index in [1.54, 1.807) is 0 Å². The van der Waals surface area contributed by atoms with Crippen LogP contribution in [0.3, 0.4) is 0 Å². The fraction of sp³-hybridized carbons (Fsp3) is 0.0541. The van der Waals surface area contributed by atoms with Crippen LogP contribution in [0.4, 0.5) is 0 Å². The number of hydrogen-bond donors (Lipinski definition) is 0. The summed E-state index contributed by atoms with van der Waals surface area (Å²) in [6, 6.07) is 43.5. The summed E-state index contributed by atoms with van der Waals surface area (Å²) in [4.78, 5) is 5.18. The van der Waals surface area contributed by atoms with E-state index in [4.69, 9.17) is 4.98 Å². The lowest BCUT2D eigenvalue weighted by molar-refractivity contribution is 1.18. The Labute approximate surface area is 227 Å². The first kappa shape index (κ1) is 23.2. The second-order valence-electron chi connectivity index (χ2n) is 9.88. The highest BCUT2D eigenvalue weighted by molar-refractivity contribution is 6.12. The molecule has 0 fully saturated rings. The highest BCUT2D eigenvalue weighted by Gasteiger charge is 2.16. The summed E-state index contributed by atoms with van der Waals surface area (Å²) in [5, 5.41) is 7.07. The summed E-state index contributed by atoms with van der Waals surface area (Å²) >= 11 is 0.